The van der Waals surface area contributed by atoms with Crippen LogP contribution >= 0.6 is 0 Å². The number of fused-ring (bicyclic) bond motifs is 6. The third-order valence-electron chi connectivity index (χ3n) is 12.2. The molecule has 9 aromatic carbocycles. The van der Waals surface area contributed by atoms with E-state index in [1.165, 1.54) is 55.5 Å². The largest absolute Gasteiger partial charge is 0.456 e. The Bertz CT molecular complexity index is 2960. The van der Waals surface area contributed by atoms with E-state index in [1.807, 2.05) is 0 Å². The average molecular weight is 742 g/mol. The summed E-state index contributed by atoms with van der Waals surface area (Å²) in [7, 11) is 0. The summed E-state index contributed by atoms with van der Waals surface area (Å²) in [6, 6.07) is 78.7. The topological polar surface area (TPSA) is 16.4 Å². The third-order valence-corrected chi connectivity index (χ3v) is 12.2. The van der Waals surface area contributed by atoms with E-state index in [0.717, 1.165) is 44.7 Å². The molecule has 0 amide bonds. The first-order valence-electron chi connectivity index (χ1n) is 20.0. The van der Waals surface area contributed by atoms with E-state index < -0.39 is 0 Å². The van der Waals surface area contributed by atoms with Crippen molar-refractivity contribution in [1.82, 2.24) is 0 Å². The number of hydrogen-bond acceptors (Lipinski definition) is 2. The summed E-state index contributed by atoms with van der Waals surface area (Å²) in [6.45, 7) is 2.38. The quantitative estimate of drug-likeness (QED) is 0.162. The second-order valence-electron chi connectivity index (χ2n) is 15.4. The summed E-state index contributed by atoms with van der Waals surface area (Å²) >= 11 is 0. The monoisotopic (exact) mass is 741 g/mol. The van der Waals surface area contributed by atoms with Gasteiger partial charge in [-0.25, -0.2) is 0 Å². The fourth-order valence-electron chi connectivity index (χ4n) is 9.28. The smallest absolute Gasteiger partial charge is 0.135 e. The molecule has 274 valence electrons. The molecule has 0 fully saturated rings. The van der Waals surface area contributed by atoms with Gasteiger partial charge in [-0.2, -0.15) is 0 Å². The standard InChI is InChI=1S/C56H39NO/c1-56(50-19-10-8-17-47(50)48-18-9-11-20-51(48)56)52-21-12-22-54-55(52)49-37-43(29-36-53(49)58-54)42-27-34-46(35-28-42)57(44-30-23-40(24-31-44)38-13-4-2-5-14-38)45-32-25-41(26-33-45)39-15-6-3-7-16-39/h2-37H,1H3. The van der Waals surface area contributed by atoms with Crippen LogP contribution in [0.1, 0.15) is 23.6 Å². The Hall–Kier alpha value is -7.42. The summed E-state index contributed by atoms with van der Waals surface area (Å²) in [4.78, 5) is 2.34. The van der Waals surface area contributed by atoms with Crippen molar-refractivity contribution in [3.63, 3.8) is 0 Å². The minimum Gasteiger partial charge on any atom is -0.456 e. The first-order chi connectivity index (χ1) is 28.6. The molecule has 58 heavy (non-hydrogen) atoms. The lowest BCUT2D eigenvalue weighted by atomic mass is 9.73. The third kappa shape index (κ3) is 5.49. The molecule has 11 rings (SSSR count). The van der Waals surface area contributed by atoms with Crippen molar-refractivity contribution in [2.75, 3.05) is 4.90 Å². The highest BCUT2D eigenvalue weighted by atomic mass is 16.3. The van der Waals surface area contributed by atoms with E-state index in [2.05, 4.69) is 230 Å². The summed E-state index contributed by atoms with van der Waals surface area (Å²) in [5, 5.41) is 2.31. The number of nitrogens with zero attached hydrogens (tertiary/aromatic N) is 1. The zero-order valence-corrected chi connectivity index (χ0v) is 32.1. The molecule has 2 nitrogen and oxygen atoms in total. The predicted octanol–water partition coefficient (Wildman–Crippen LogP) is 15.4. The summed E-state index contributed by atoms with van der Waals surface area (Å²) in [5.74, 6) is 0. The highest BCUT2D eigenvalue weighted by molar-refractivity contribution is 6.09. The summed E-state index contributed by atoms with van der Waals surface area (Å²) < 4.78 is 6.58. The van der Waals surface area contributed by atoms with Gasteiger partial charge in [0.15, 0.2) is 0 Å². The van der Waals surface area contributed by atoms with Gasteiger partial charge < -0.3 is 9.32 Å². The summed E-state index contributed by atoms with van der Waals surface area (Å²) in [6.07, 6.45) is 0. The van der Waals surface area contributed by atoms with E-state index in [1.54, 1.807) is 0 Å². The van der Waals surface area contributed by atoms with E-state index in [9.17, 15) is 0 Å². The maximum absolute atomic E-state index is 6.58. The molecule has 2 heteroatoms. The average Bonchev–Trinajstić information content (AvgIpc) is 3.81. The van der Waals surface area contributed by atoms with Gasteiger partial charge >= 0.3 is 0 Å². The van der Waals surface area contributed by atoms with Gasteiger partial charge in [0, 0.05) is 33.2 Å². The Morgan fingerprint density at radius 2 is 0.759 bits per heavy atom. The van der Waals surface area contributed by atoms with Gasteiger partial charge in [0.25, 0.3) is 0 Å². The fraction of sp³-hybridized carbons (Fsp3) is 0.0357. The van der Waals surface area contributed by atoms with Crippen LogP contribution in [-0.2, 0) is 5.41 Å². The lowest BCUT2D eigenvalue weighted by molar-refractivity contribution is 0.666. The SMILES string of the molecule is CC1(c2cccc3oc4ccc(-c5ccc(N(c6ccc(-c7ccccc7)cc6)c6ccc(-c7ccccc7)cc6)cc5)cc4c23)c2ccccc2-c2ccccc21. The zero-order chi connectivity index (χ0) is 38.6. The minimum absolute atomic E-state index is 0.330. The molecule has 0 saturated carbocycles. The molecule has 0 spiro atoms. The lowest BCUT2D eigenvalue weighted by Crippen LogP contribution is -2.22. The van der Waals surface area contributed by atoms with Crippen molar-refractivity contribution >= 4 is 39.0 Å². The van der Waals surface area contributed by atoms with Crippen LogP contribution in [0, 0.1) is 0 Å². The van der Waals surface area contributed by atoms with Crippen LogP contribution in [0.2, 0.25) is 0 Å². The normalized spacial score (nSPS) is 12.7. The van der Waals surface area contributed by atoms with Gasteiger partial charge in [0.1, 0.15) is 11.2 Å². The molecule has 0 radical (unpaired) electrons. The highest BCUT2D eigenvalue weighted by Crippen LogP contribution is 2.54. The molecule has 1 aliphatic rings. The van der Waals surface area contributed by atoms with E-state index in [0.29, 0.717) is 0 Å². The number of benzene rings is 9. The minimum atomic E-state index is -0.330. The molecule has 1 heterocycles. The summed E-state index contributed by atoms with van der Waals surface area (Å²) in [5.41, 5.74) is 18.4. The van der Waals surface area contributed by atoms with Gasteiger partial charge in [-0.3, -0.25) is 0 Å². The maximum atomic E-state index is 6.58. The van der Waals surface area contributed by atoms with Crippen molar-refractivity contribution in [2.24, 2.45) is 0 Å². The van der Waals surface area contributed by atoms with Crippen LogP contribution in [-0.4, -0.2) is 0 Å². The number of hydrogen-bond donors (Lipinski definition) is 0. The predicted molar refractivity (Wildman–Crippen MR) is 242 cm³/mol. The Morgan fingerprint density at radius 3 is 1.28 bits per heavy atom. The molecule has 0 N–H and O–H groups in total. The Morgan fingerprint density at radius 1 is 0.345 bits per heavy atom. The molecule has 0 atom stereocenters. The van der Waals surface area contributed by atoms with Gasteiger partial charge in [-0.1, -0.05) is 164 Å². The van der Waals surface area contributed by atoms with E-state index in [4.69, 9.17) is 4.42 Å². The van der Waals surface area contributed by atoms with Crippen LogP contribution in [0.5, 0.6) is 0 Å². The second-order valence-corrected chi connectivity index (χ2v) is 15.4. The number of rotatable bonds is 7. The van der Waals surface area contributed by atoms with Crippen LogP contribution in [0.4, 0.5) is 17.1 Å². The molecule has 1 aliphatic carbocycles. The van der Waals surface area contributed by atoms with Crippen LogP contribution in [0.15, 0.2) is 223 Å². The van der Waals surface area contributed by atoms with Crippen LogP contribution < -0.4 is 4.90 Å². The van der Waals surface area contributed by atoms with Crippen molar-refractivity contribution in [1.29, 1.82) is 0 Å². The van der Waals surface area contributed by atoms with Crippen molar-refractivity contribution in [2.45, 2.75) is 12.3 Å². The Labute approximate surface area is 338 Å². The van der Waals surface area contributed by atoms with E-state index >= 15 is 0 Å². The van der Waals surface area contributed by atoms with Gasteiger partial charge in [-0.15, -0.1) is 0 Å². The molecular weight excluding hydrogens is 703 g/mol. The molecule has 0 saturated heterocycles. The van der Waals surface area contributed by atoms with Crippen molar-refractivity contribution in [3.05, 3.63) is 235 Å². The molecule has 0 unspecified atom stereocenters. The highest BCUT2D eigenvalue weighted by Gasteiger charge is 2.42. The van der Waals surface area contributed by atoms with Gasteiger partial charge in [-0.05, 0) is 123 Å². The first kappa shape index (κ1) is 33.9. The van der Waals surface area contributed by atoms with Gasteiger partial charge in [0.05, 0.1) is 0 Å². The van der Waals surface area contributed by atoms with Gasteiger partial charge in [0.2, 0.25) is 0 Å². The Kier molecular flexibility index (Phi) is 7.97. The first-order valence-corrected chi connectivity index (χ1v) is 20.0. The molecule has 10 aromatic rings. The number of furan rings is 1. The second kappa shape index (κ2) is 13.7. The van der Waals surface area contributed by atoms with Crippen LogP contribution in [0.25, 0.3) is 66.4 Å². The number of anilines is 3. The van der Waals surface area contributed by atoms with Crippen molar-refractivity contribution < 1.29 is 4.42 Å². The molecule has 0 bridgehead atoms. The molecular formula is C56H39NO. The lowest BCUT2D eigenvalue weighted by Gasteiger charge is -2.29. The Balaban J connectivity index is 0.993. The molecule has 0 aliphatic heterocycles. The van der Waals surface area contributed by atoms with Crippen molar-refractivity contribution in [3.8, 4) is 44.5 Å². The van der Waals surface area contributed by atoms with Crippen LogP contribution in [0.3, 0.4) is 0 Å². The maximum Gasteiger partial charge on any atom is 0.135 e. The zero-order valence-electron chi connectivity index (χ0n) is 32.1. The van der Waals surface area contributed by atoms with E-state index in [-0.39, 0.29) is 5.41 Å². The fourth-order valence-corrected chi connectivity index (χ4v) is 9.28. The molecule has 1 aromatic heterocycles.